The van der Waals surface area contributed by atoms with E-state index in [-0.39, 0.29) is 36.9 Å². The first kappa shape index (κ1) is 17.2. The van der Waals surface area contributed by atoms with Gasteiger partial charge in [-0.25, -0.2) is 0 Å². The highest BCUT2D eigenvalue weighted by atomic mass is 16.3. The van der Waals surface area contributed by atoms with E-state index < -0.39 is 0 Å². The predicted octanol–water partition coefficient (Wildman–Crippen LogP) is 1.25. The van der Waals surface area contributed by atoms with Crippen molar-refractivity contribution in [2.75, 3.05) is 13.2 Å². The molecule has 3 N–H and O–H groups in total. The standard InChI is InChI=1S/C16H24N2O3/c1-11(2)14(7-8-19)18-15(20)10-17-16(21)13-6-4-5-12(3)9-13/h4-6,9,11,14,19H,7-8,10H2,1-3H3,(H,17,21)(H,18,20). The lowest BCUT2D eigenvalue weighted by Gasteiger charge is -2.21. The number of benzene rings is 1. The van der Waals surface area contributed by atoms with Gasteiger partial charge in [-0.3, -0.25) is 9.59 Å². The summed E-state index contributed by atoms with van der Waals surface area (Å²) in [4.78, 5) is 23.7. The van der Waals surface area contributed by atoms with Crippen LogP contribution in [0.1, 0.15) is 36.2 Å². The summed E-state index contributed by atoms with van der Waals surface area (Å²) in [5.41, 5.74) is 1.54. The van der Waals surface area contributed by atoms with Crippen molar-refractivity contribution in [1.82, 2.24) is 10.6 Å². The molecule has 0 fully saturated rings. The van der Waals surface area contributed by atoms with Crippen LogP contribution in [0.15, 0.2) is 24.3 Å². The maximum Gasteiger partial charge on any atom is 0.251 e. The lowest BCUT2D eigenvalue weighted by atomic mass is 10.0. The summed E-state index contributed by atoms with van der Waals surface area (Å²) in [5.74, 6) is -0.283. The Kier molecular flexibility index (Phi) is 6.88. The minimum absolute atomic E-state index is 0.0266. The number of hydrogen-bond donors (Lipinski definition) is 3. The van der Waals surface area contributed by atoms with Crippen LogP contribution in [-0.4, -0.2) is 36.1 Å². The zero-order valence-corrected chi connectivity index (χ0v) is 12.8. The largest absolute Gasteiger partial charge is 0.396 e. The quantitative estimate of drug-likeness (QED) is 0.707. The van der Waals surface area contributed by atoms with Gasteiger partial charge in [-0.05, 0) is 31.4 Å². The van der Waals surface area contributed by atoms with E-state index >= 15 is 0 Å². The third-order valence-electron chi connectivity index (χ3n) is 3.28. The molecule has 0 saturated carbocycles. The zero-order valence-electron chi connectivity index (χ0n) is 12.8. The van der Waals surface area contributed by atoms with Gasteiger partial charge in [0, 0.05) is 18.2 Å². The van der Waals surface area contributed by atoms with Gasteiger partial charge in [-0.2, -0.15) is 0 Å². The number of aryl methyl sites for hydroxylation is 1. The Morgan fingerprint density at radius 1 is 1.29 bits per heavy atom. The molecule has 116 valence electrons. The van der Waals surface area contributed by atoms with E-state index in [4.69, 9.17) is 5.11 Å². The molecule has 0 spiro atoms. The molecular weight excluding hydrogens is 268 g/mol. The Morgan fingerprint density at radius 3 is 2.57 bits per heavy atom. The Hall–Kier alpha value is -1.88. The molecule has 0 aromatic heterocycles. The van der Waals surface area contributed by atoms with Crippen molar-refractivity contribution in [3.05, 3.63) is 35.4 Å². The summed E-state index contributed by atoms with van der Waals surface area (Å²) in [6, 6.07) is 7.11. The molecule has 0 bridgehead atoms. The van der Waals surface area contributed by atoms with Crippen molar-refractivity contribution in [1.29, 1.82) is 0 Å². The van der Waals surface area contributed by atoms with E-state index in [1.165, 1.54) is 0 Å². The second kappa shape index (κ2) is 8.42. The third-order valence-corrected chi connectivity index (χ3v) is 3.28. The summed E-state index contributed by atoms with van der Waals surface area (Å²) < 4.78 is 0. The van der Waals surface area contributed by atoms with E-state index in [1.54, 1.807) is 18.2 Å². The fourth-order valence-electron chi connectivity index (χ4n) is 2.02. The maximum absolute atomic E-state index is 11.9. The molecule has 1 aromatic rings. The number of nitrogens with one attached hydrogen (secondary N) is 2. The monoisotopic (exact) mass is 292 g/mol. The summed E-state index contributed by atoms with van der Waals surface area (Å²) in [5, 5.41) is 14.4. The topological polar surface area (TPSA) is 78.4 Å². The highest BCUT2D eigenvalue weighted by Gasteiger charge is 2.16. The maximum atomic E-state index is 11.9. The fraction of sp³-hybridized carbons (Fsp3) is 0.500. The summed E-state index contributed by atoms with van der Waals surface area (Å²) >= 11 is 0. The van der Waals surface area contributed by atoms with Gasteiger partial charge in [0.1, 0.15) is 0 Å². The number of hydrogen-bond acceptors (Lipinski definition) is 3. The lowest BCUT2D eigenvalue weighted by Crippen LogP contribution is -2.44. The van der Waals surface area contributed by atoms with Crippen LogP contribution in [0, 0.1) is 12.8 Å². The molecular formula is C16H24N2O3. The molecule has 0 aliphatic carbocycles. The molecule has 1 unspecified atom stereocenters. The average molecular weight is 292 g/mol. The summed E-state index contributed by atoms with van der Waals surface area (Å²) in [6.45, 7) is 5.82. The molecule has 1 rings (SSSR count). The number of carbonyl (C=O) groups excluding carboxylic acids is 2. The predicted molar refractivity (Wildman–Crippen MR) is 82.0 cm³/mol. The third kappa shape index (κ3) is 5.95. The van der Waals surface area contributed by atoms with Crippen LogP contribution in [0.2, 0.25) is 0 Å². The van der Waals surface area contributed by atoms with Gasteiger partial charge in [-0.15, -0.1) is 0 Å². The van der Waals surface area contributed by atoms with Crippen molar-refractivity contribution < 1.29 is 14.7 Å². The molecule has 1 atom stereocenters. The summed E-state index contributed by atoms with van der Waals surface area (Å²) in [6.07, 6.45) is 0.509. The Morgan fingerprint density at radius 2 is 2.00 bits per heavy atom. The summed E-state index contributed by atoms with van der Waals surface area (Å²) in [7, 11) is 0. The van der Waals surface area contributed by atoms with E-state index in [0.29, 0.717) is 12.0 Å². The van der Waals surface area contributed by atoms with Gasteiger partial charge >= 0.3 is 0 Å². The van der Waals surface area contributed by atoms with Gasteiger partial charge in [0.05, 0.1) is 6.54 Å². The van der Waals surface area contributed by atoms with Crippen molar-refractivity contribution in [2.45, 2.75) is 33.2 Å². The van der Waals surface area contributed by atoms with E-state index in [0.717, 1.165) is 5.56 Å². The molecule has 5 nitrogen and oxygen atoms in total. The first-order chi connectivity index (χ1) is 9.93. The van der Waals surface area contributed by atoms with Crippen molar-refractivity contribution >= 4 is 11.8 Å². The van der Waals surface area contributed by atoms with Crippen molar-refractivity contribution in [3.8, 4) is 0 Å². The molecule has 1 aromatic carbocycles. The van der Waals surface area contributed by atoms with Crippen LogP contribution >= 0.6 is 0 Å². The number of rotatable bonds is 7. The van der Waals surface area contributed by atoms with Gasteiger partial charge in [-0.1, -0.05) is 31.5 Å². The van der Waals surface area contributed by atoms with Crippen LogP contribution in [-0.2, 0) is 4.79 Å². The van der Waals surface area contributed by atoms with Crippen LogP contribution in [0.5, 0.6) is 0 Å². The lowest BCUT2D eigenvalue weighted by molar-refractivity contribution is -0.121. The molecule has 0 aliphatic heterocycles. The van der Waals surface area contributed by atoms with Crippen molar-refractivity contribution in [3.63, 3.8) is 0 Å². The van der Waals surface area contributed by atoms with E-state index in [2.05, 4.69) is 10.6 Å². The van der Waals surface area contributed by atoms with Gasteiger partial charge in [0.15, 0.2) is 0 Å². The fourth-order valence-corrected chi connectivity index (χ4v) is 2.02. The molecule has 21 heavy (non-hydrogen) atoms. The smallest absolute Gasteiger partial charge is 0.251 e. The van der Waals surface area contributed by atoms with E-state index in [1.807, 2.05) is 26.8 Å². The number of amides is 2. The Balaban J connectivity index is 2.47. The molecule has 0 saturated heterocycles. The van der Waals surface area contributed by atoms with Gasteiger partial charge < -0.3 is 15.7 Å². The molecule has 0 heterocycles. The highest BCUT2D eigenvalue weighted by Crippen LogP contribution is 2.05. The van der Waals surface area contributed by atoms with E-state index in [9.17, 15) is 9.59 Å². The van der Waals surface area contributed by atoms with Crippen LogP contribution in [0.4, 0.5) is 0 Å². The molecule has 0 radical (unpaired) electrons. The second-order valence-corrected chi connectivity index (χ2v) is 5.48. The Labute approximate surface area is 125 Å². The average Bonchev–Trinajstić information content (AvgIpc) is 2.44. The Bertz CT molecular complexity index is 486. The minimum atomic E-state index is -0.267. The zero-order chi connectivity index (χ0) is 15.8. The normalized spacial score (nSPS) is 12.0. The van der Waals surface area contributed by atoms with Crippen LogP contribution in [0.3, 0.4) is 0 Å². The number of aliphatic hydroxyl groups excluding tert-OH is 1. The number of aliphatic hydroxyl groups is 1. The minimum Gasteiger partial charge on any atom is -0.396 e. The molecule has 2 amide bonds. The first-order valence-electron chi connectivity index (χ1n) is 7.19. The van der Waals surface area contributed by atoms with Gasteiger partial charge in [0.25, 0.3) is 5.91 Å². The molecule has 5 heteroatoms. The van der Waals surface area contributed by atoms with Gasteiger partial charge in [0.2, 0.25) is 5.91 Å². The highest BCUT2D eigenvalue weighted by molar-refractivity contribution is 5.96. The second-order valence-electron chi connectivity index (χ2n) is 5.48. The first-order valence-corrected chi connectivity index (χ1v) is 7.19. The SMILES string of the molecule is Cc1cccc(C(=O)NCC(=O)NC(CCO)C(C)C)c1. The number of carbonyl (C=O) groups is 2. The van der Waals surface area contributed by atoms with Crippen molar-refractivity contribution in [2.24, 2.45) is 5.92 Å². The van der Waals surface area contributed by atoms with Crippen LogP contribution < -0.4 is 10.6 Å². The van der Waals surface area contributed by atoms with Crippen LogP contribution in [0.25, 0.3) is 0 Å². The molecule has 0 aliphatic rings.